The Morgan fingerprint density at radius 3 is 1.34 bits per heavy atom. The van der Waals surface area contributed by atoms with E-state index in [9.17, 15) is 14.4 Å². The van der Waals surface area contributed by atoms with Crippen LogP contribution in [0.15, 0.2) is 84.9 Å². The summed E-state index contributed by atoms with van der Waals surface area (Å²) in [6.07, 6.45) is 16.7. The molecule has 7 rings (SSSR count). The quantitative estimate of drug-likeness (QED) is 0.0359. The molecule has 0 aliphatic heterocycles. The second-order valence-electron chi connectivity index (χ2n) is 17.7. The number of hydrogen-bond acceptors (Lipinski definition) is 5. The molecule has 0 amide bonds. The van der Waals surface area contributed by atoms with Gasteiger partial charge in [-0.3, -0.25) is 4.79 Å². The molecule has 61 heavy (non-hydrogen) atoms. The van der Waals surface area contributed by atoms with E-state index in [0.29, 0.717) is 18.6 Å². The number of Topliss-reactive ketones (excluding diaryl/α,β-unsaturated/α-hetero) is 1. The third-order valence-electron chi connectivity index (χ3n) is 12.5. The lowest BCUT2D eigenvalue weighted by atomic mass is 9.86. The molecule has 5 heteroatoms. The van der Waals surface area contributed by atoms with Crippen LogP contribution in [0.1, 0.15) is 124 Å². The highest BCUT2D eigenvalue weighted by Gasteiger charge is 2.15. The first kappa shape index (κ1) is 45.2. The molecule has 2 aliphatic carbocycles. The van der Waals surface area contributed by atoms with Crippen LogP contribution in [-0.2, 0) is 88.1 Å². The normalized spacial score (nSPS) is 12.3. The van der Waals surface area contributed by atoms with Crippen molar-refractivity contribution in [3.05, 3.63) is 163 Å². The van der Waals surface area contributed by atoms with Gasteiger partial charge in [-0.25, -0.2) is 9.59 Å². The van der Waals surface area contributed by atoms with Gasteiger partial charge in [0.2, 0.25) is 5.78 Å². The van der Waals surface area contributed by atoms with Crippen LogP contribution in [0, 0.1) is 27.7 Å². The van der Waals surface area contributed by atoms with E-state index in [1.807, 2.05) is 0 Å². The molecule has 0 heterocycles. The Morgan fingerprint density at radius 1 is 0.475 bits per heavy atom. The number of hydrogen-bond donors (Lipinski definition) is 0. The fraction of sp³-hybridized carbons (Fsp3) is 0.411. The molecular formula is C56H66O5. The predicted octanol–water partition coefficient (Wildman–Crippen LogP) is 11.8. The number of benzene rings is 5. The number of fused-ring (bicyclic) bond motifs is 3. The van der Waals surface area contributed by atoms with Crippen molar-refractivity contribution in [1.82, 2.24) is 0 Å². The zero-order valence-electron chi connectivity index (χ0n) is 37.7. The lowest BCUT2D eigenvalue weighted by Gasteiger charge is -2.19. The Labute approximate surface area is 365 Å². The number of ketones is 1. The fourth-order valence-electron chi connectivity index (χ4n) is 8.83. The van der Waals surface area contributed by atoms with Gasteiger partial charge in [-0.15, -0.1) is 0 Å². The summed E-state index contributed by atoms with van der Waals surface area (Å²) < 4.78 is 10.0. The number of carbonyl (C=O) groups is 3. The lowest BCUT2D eigenvalue weighted by molar-refractivity contribution is -0.153. The highest BCUT2D eigenvalue weighted by molar-refractivity contribution is 6.32. The van der Waals surface area contributed by atoms with Gasteiger partial charge in [0, 0.05) is 12.5 Å². The van der Waals surface area contributed by atoms with E-state index in [0.717, 1.165) is 25.7 Å². The summed E-state index contributed by atoms with van der Waals surface area (Å²) in [5.41, 5.74) is 20.5. The van der Waals surface area contributed by atoms with Crippen molar-refractivity contribution in [3.8, 4) is 0 Å². The van der Waals surface area contributed by atoms with Crippen molar-refractivity contribution in [2.24, 2.45) is 0 Å². The highest BCUT2D eigenvalue weighted by Crippen LogP contribution is 2.30. The second kappa shape index (κ2) is 21.5. The van der Waals surface area contributed by atoms with E-state index < -0.39 is 11.8 Å². The smallest absolute Gasteiger partial charge is 0.374 e. The molecular weight excluding hydrogens is 753 g/mol. The minimum Gasteiger partial charge on any atom is -0.462 e. The summed E-state index contributed by atoms with van der Waals surface area (Å²) in [5, 5.41) is 2.98. The molecule has 0 radical (unpaired) electrons. The highest BCUT2D eigenvalue weighted by atomic mass is 16.5. The van der Waals surface area contributed by atoms with Crippen LogP contribution >= 0.6 is 0 Å². The molecule has 0 saturated carbocycles. The largest absolute Gasteiger partial charge is 0.462 e. The van der Waals surface area contributed by atoms with Crippen LogP contribution in [0.25, 0.3) is 10.8 Å². The molecule has 0 aromatic heterocycles. The molecule has 5 aromatic rings. The zero-order chi connectivity index (χ0) is 43.5. The maximum atomic E-state index is 11.4. The molecule has 0 bridgehead atoms. The van der Waals surface area contributed by atoms with Crippen LogP contribution in [0.3, 0.4) is 0 Å². The van der Waals surface area contributed by atoms with Gasteiger partial charge in [-0.1, -0.05) is 90.5 Å². The van der Waals surface area contributed by atoms with E-state index in [1.54, 1.807) is 34.7 Å². The van der Waals surface area contributed by atoms with E-state index in [-0.39, 0.29) is 12.6 Å². The molecule has 0 fully saturated rings. The van der Waals surface area contributed by atoms with Crippen LogP contribution in [0.2, 0.25) is 0 Å². The van der Waals surface area contributed by atoms with Crippen LogP contribution in [0.4, 0.5) is 0 Å². The third-order valence-corrected chi connectivity index (χ3v) is 12.5. The minimum absolute atomic E-state index is 0.243. The summed E-state index contributed by atoms with van der Waals surface area (Å²) in [5.74, 6) is -1.70. The summed E-state index contributed by atoms with van der Waals surface area (Å²) in [6, 6.07) is 28.4. The first-order valence-electron chi connectivity index (χ1n) is 22.7. The molecule has 0 unspecified atom stereocenters. The third kappa shape index (κ3) is 12.6. The monoisotopic (exact) mass is 818 g/mol. The number of esters is 2. The Balaban J connectivity index is 0.000000215. The number of aryl methyl sites for hydroxylation is 14. The standard InChI is InChI=1S/C35H38.C21H28O5/c1-24-18-32(8-4-3-6-26-10-12-28-14-16-30(28)22-26)34-20-25(2)19-33(35(34)21-24)9-5-7-27-11-13-29-15-17-31(29)23-27;1-14(2)20(23)25-10-6-8-18-12-16(4)19(13-15(18)3)9-7-11-26-21(24)17(5)22/h10-13,18-23H,3-9,14-17H2,1-2H3;12-13H,1,6-11H2,2-5H3. The molecule has 0 saturated heterocycles. The zero-order valence-corrected chi connectivity index (χ0v) is 37.7. The number of ether oxygens (including phenoxy) is 2. The Morgan fingerprint density at radius 2 is 0.902 bits per heavy atom. The minimum atomic E-state index is -0.777. The van der Waals surface area contributed by atoms with Gasteiger partial charge >= 0.3 is 11.9 Å². The van der Waals surface area contributed by atoms with Crippen LogP contribution < -0.4 is 0 Å². The van der Waals surface area contributed by atoms with Crippen molar-refractivity contribution in [2.75, 3.05) is 13.2 Å². The Hall–Kier alpha value is -5.29. The molecule has 320 valence electrons. The molecule has 0 N–H and O–H groups in total. The molecule has 0 atom stereocenters. The maximum absolute atomic E-state index is 11.4. The van der Waals surface area contributed by atoms with Gasteiger partial charge in [0.25, 0.3) is 0 Å². The molecule has 5 nitrogen and oxygen atoms in total. The molecule has 5 aromatic carbocycles. The summed E-state index contributed by atoms with van der Waals surface area (Å²) in [7, 11) is 0. The number of rotatable bonds is 19. The summed E-state index contributed by atoms with van der Waals surface area (Å²) >= 11 is 0. The van der Waals surface area contributed by atoms with Crippen molar-refractivity contribution in [1.29, 1.82) is 0 Å². The maximum Gasteiger partial charge on any atom is 0.374 e. The first-order valence-corrected chi connectivity index (χ1v) is 22.7. The van der Waals surface area contributed by atoms with Crippen molar-refractivity contribution in [2.45, 2.75) is 138 Å². The topological polar surface area (TPSA) is 69.7 Å². The van der Waals surface area contributed by atoms with E-state index in [4.69, 9.17) is 9.47 Å². The summed E-state index contributed by atoms with van der Waals surface area (Å²) in [4.78, 5) is 33.3. The average molecular weight is 819 g/mol. The van der Waals surface area contributed by atoms with Crippen molar-refractivity contribution < 1.29 is 23.9 Å². The van der Waals surface area contributed by atoms with Gasteiger partial charge in [-0.05, 0) is 208 Å². The lowest BCUT2D eigenvalue weighted by Crippen LogP contribution is -2.14. The second-order valence-corrected chi connectivity index (χ2v) is 17.7. The van der Waals surface area contributed by atoms with Gasteiger partial charge in [0.1, 0.15) is 0 Å². The predicted molar refractivity (Wildman–Crippen MR) is 250 cm³/mol. The Bertz CT molecular complexity index is 2340. The van der Waals surface area contributed by atoms with Gasteiger partial charge in [0.15, 0.2) is 0 Å². The number of carbonyl (C=O) groups excluding carboxylic acids is 3. The van der Waals surface area contributed by atoms with Crippen molar-refractivity contribution in [3.63, 3.8) is 0 Å². The van der Waals surface area contributed by atoms with E-state index in [1.165, 1.54) is 132 Å². The Kier molecular flexibility index (Phi) is 15.9. The molecule has 0 spiro atoms. The van der Waals surface area contributed by atoms with Gasteiger partial charge in [-0.2, -0.15) is 0 Å². The fourth-order valence-corrected chi connectivity index (χ4v) is 8.83. The SMILES string of the molecule is C=C(C)C(=O)OCCCc1cc(C)c(CCCOC(=O)C(C)=O)cc1C.Cc1cc(CCCc2ccc3c(c2)CC3)c2cc(C)cc(CCCCc3ccc4c(c3)CC4)c2c1. The first-order chi connectivity index (χ1) is 29.3. The number of unbranched alkanes of at least 4 members (excludes halogenated alkanes) is 1. The average Bonchev–Trinajstić information content (AvgIpc) is 3.20. The van der Waals surface area contributed by atoms with Crippen LogP contribution in [-0.4, -0.2) is 30.9 Å². The van der Waals surface area contributed by atoms with Gasteiger partial charge in [0.05, 0.1) is 13.2 Å². The van der Waals surface area contributed by atoms with E-state index in [2.05, 4.69) is 107 Å². The van der Waals surface area contributed by atoms with E-state index >= 15 is 0 Å². The van der Waals surface area contributed by atoms with Gasteiger partial charge < -0.3 is 9.47 Å². The van der Waals surface area contributed by atoms with Crippen LogP contribution in [0.5, 0.6) is 0 Å². The van der Waals surface area contributed by atoms with Crippen molar-refractivity contribution >= 4 is 28.5 Å². The molecule has 2 aliphatic rings. The summed E-state index contributed by atoms with van der Waals surface area (Å²) in [6.45, 7) is 15.7.